The quantitative estimate of drug-likeness (QED) is 0.147. The molecule has 0 unspecified atom stereocenters. The molecule has 40 heavy (non-hydrogen) atoms. The van der Waals surface area contributed by atoms with Crippen LogP contribution < -0.4 is 0 Å². The first-order valence-corrected chi connectivity index (χ1v) is 15.6. The van der Waals surface area contributed by atoms with Crippen LogP contribution in [0.3, 0.4) is 0 Å². The number of hydrogen-bond acceptors (Lipinski definition) is 2. The van der Waals surface area contributed by atoms with Crippen LogP contribution in [0.1, 0.15) is 63.0 Å². The molecule has 208 valence electrons. The van der Waals surface area contributed by atoms with Crippen molar-refractivity contribution < 1.29 is 21.8 Å². The molecule has 0 atom stereocenters. The molecule has 0 radical (unpaired) electrons. The lowest BCUT2D eigenvalue weighted by molar-refractivity contribution is 0.407. The predicted octanol–water partition coefficient (Wildman–Crippen LogP) is 9.20. The SMILES string of the molecule is CCCCCC1(CCCCS(=O)(=O)O)c2cc(-c3ccc(F)cc3)ccc2-c2ccc(-c3ccc(F)cc3)cc21. The maximum Gasteiger partial charge on any atom is 0.264 e. The molecule has 0 saturated heterocycles. The Morgan fingerprint density at radius 2 is 1.05 bits per heavy atom. The van der Waals surface area contributed by atoms with Crippen molar-refractivity contribution >= 4 is 10.1 Å². The maximum absolute atomic E-state index is 13.7. The van der Waals surface area contributed by atoms with Gasteiger partial charge in [0.05, 0.1) is 5.75 Å². The van der Waals surface area contributed by atoms with E-state index in [1.807, 2.05) is 0 Å². The van der Waals surface area contributed by atoms with Crippen LogP contribution in [-0.2, 0) is 15.5 Å². The van der Waals surface area contributed by atoms with Crippen molar-refractivity contribution in [3.63, 3.8) is 0 Å². The molecule has 0 heterocycles. The number of halogens is 2. The van der Waals surface area contributed by atoms with Crippen molar-refractivity contribution in [1.29, 1.82) is 0 Å². The van der Waals surface area contributed by atoms with E-state index >= 15 is 0 Å². The predicted molar refractivity (Wildman–Crippen MR) is 158 cm³/mol. The summed E-state index contributed by atoms with van der Waals surface area (Å²) in [6.07, 6.45) is 5.78. The molecule has 3 nitrogen and oxygen atoms in total. The number of rotatable bonds is 11. The van der Waals surface area contributed by atoms with Gasteiger partial charge >= 0.3 is 0 Å². The third-order valence-corrected chi connectivity index (χ3v) is 8.98. The summed E-state index contributed by atoms with van der Waals surface area (Å²) in [5.41, 5.74) is 8.21. The Hall–Kier alpha value is -3.35. The molecule has 0 bridgehead atoms. The molecule has 6 heteroatoms. The zero-order valence-electron chi connectivity index (χ0n) is 22.7. The third-order valence-electron chi connectivity index (χ3n) is 8.18. The monoisotopic (exact) mass is 560 g/mol. The van der Waals surface area contributed by atoms with E-state index in [0.717, 1.165) is 65.5 Å². The molecule has 0 spiro atoms. The average molecular weight is 561 g/mol. The van der Waals surface area contributed by atoms with E-state index in [0.29, 0.717) is 12.8 Å². The summed E-state index contributed by atoms with van der Waals surface area (Å²) in [7, 11) is -4.04. The van der Waals surface area contributed by atoms with Gasteiger partial charge in [0.15, 0.2) is 0 Å². The molecule has 0 aromatic heterocycles. The van der Waals surface area contributed by atoms with Gasteiger partial charge in [-0.3, -0.25) is 4.55 Å². The van der Waals surface area contributed by atoms with Crippen LogP contribution in [0.2, 0.25) is 0 Å². The first-order chi connectivity index (χ1) is 19.2. The Balaban J connectivity index is 1.65. The van der Waals surface area contributed by atoms with Crippen LogP contribution >= 0.6 is 0 Å². The highest BCUT2D eigenvalue weighted by atomic mass is 32.2. The second kappa shape index (κ2) is 11.6. The fourth-order valence-electron chi connectivity index (χ4n) is 6.19. The Morgan fingerprint density at radius 1 is 0.625 bits per heavy atom. The van der Waals surface area contributed by atoms with Gasteiger partial charge in [-0.15, -0.1) is 0 Å². The van der Waals surface area contributed by atoms with Crippen LogP contribution in [0, 0.1) is 11.6 Å². The van der Waals surface area contributed by atoms with E-state index in [2.05, 4.69) is 43.3 Å². The lowest BCUT2D eigenvalue weighted by atomic mass is 9.70. The number of benzene rings is 4. The largest absolute Gasteiger partial charge is 0.286 e. The highest BCUT2D eigenvalue weighted by Crippen LogP contribution is 2.55. The maximum atomic E-state index is 13.7. The highest BCUT2D eigenvalue weighted by molar-refractivity contribution is 7.85. The molecule has 0 fully saturated rings. The van der Waals surface area contributed by atoms with Gasteiger partial charge in [0.2, 0.25) is 0 Å². The van der Waals surface area contributed by atoms with E-state index in [9.17, 15) is 21.8 Å². The van der Waals surface area contributed by atoms with Gasteiger partial charge in [-0.25, -0.2) is 8.78 Å². The first kappa shape index (κ1) is 28.2. The Labute approximate surface area is 235 Å². The molecule has 4 aromatic carbocycles. The highest BCUT2D eigenvalue weighted by Gasteiger charge is 2.42. The Bertz CT molecular complexity index is 1500. The van der Waals surface area contributed by atoms with Crippen molar-refractivity contribution in [1.82, 2.24) is 0 Å². The van der Waals surface area contributed by atoms with Crippen molar-refractivity contribution in [2.24, 2.45) is 0 Å². The zero-order valence-corrected chi connectivity index (χ0v) is 23.5. The summed E-state index contributed by atoms with van der Waals surface area (Å²) < 4.78 is 59.6. The molecule has 1 aliphatic carbocycles. The van der Waals surface area contributed by atoms with Crippen LogP contribution in [0.5, 0.6) is 0 Å². The molecule has 1 N–H and O–H groups in total. The molecular formula is C34H34F2O3S. The molecular weight excluding hydrogens is 526 g/mol. The van der Waals surface area contributed by atoms with Crippen molar-refractivity contribution in [3.05, 3.63) is 108 Å². The molecule has 5 rings (SSSR count). The van der Waals surface area contributed by atoms with Gasteiger partial charge in [-0.2, -0.15) is 8.42 Å². The lowest BCUT2D eigenvalue weighted by Gasteiger charge is -2.33. The minimum absolute atomic E-state index is 0.261. The zero-order chi connectivity index (χ0) is 28.3. The molecule has 0 saturated carbocycles. The van der Waals surface area contributed by atoms with Gasteiger partial charge in [0.1, 0.15) is 11.6 Å². The van der Waals surface area contributed by atoms with Crippen molar-refractivity contribution in [2.75, 3.05) is 5.75 Å². The second-order valence-corrected chi connectivity index (χ2v) is 12.4. The lowest BCUT2D eigenvalue weighted by Crippen LogP contribution is -2.26. The first-order valence-electron chi connectivity index (χ1n) is 14.0. The van der Waals surface area contributed by atoms with Crippen molar-refractivity contribution in [3.8, 4) is 33.4 Å². The van der Waals surface area contributed by atoms with Crippen LogP contribution in [0.15, 0.2) is 84.9 Å². The average Bonchev–Trinajstić information content (AvgIpc) is 3.20. The minimum Gasteiger partial charge on any atom is -0.286 e. The smallest absolute Gasteiger partial charge is 0.264 e. The van der Waals surface area contributed by atoms with E-state index in [4.69, 9.17) is 0 Å². The third kappa shape index (κ3) is 5.89. The van der Waals surface area contributed by atoms with Gasteiger partial charge < -0.3 is 0 Å². The summed E-state index contributed by atoms with van der Waals surface area (Å²) in [5.74, 6) is -0.819. The Morgan fingerprint density at radius 3 is 1.48 bits per heavy atom. The van der Waals surface area contributed by atoms with Gasteiger partial charge in [-0.05, 0) is 100 Å². The normalized spacial score (nSPS) is 13.7. The number of hydrogen-bond donors (Lipinski definition) is 1. The molecule has 4 aromatic rings. The van der Waals surface area contributed by atoms with Gasteiger partial charge in [0.25, 0.3) is 10.1 Å². The topological polar surface area (TPSA) is 54.4 Å². The van der Waals surface area contributed by atoms with Crippen LogP contribution in [0.25, 0.3) is 33.4 Å². The van der Waals surface area contributed by atoms with Gasteiger partial charge in [0, 0.05) is 5.41 Å². The molecule has 0 amide bonds. The summed E-state index contributed by atoms with van der Waals surface area (Å²) in [6.45, 7) is 2.18. The van der Waals surface area contributed by atoms with Crippen molar-refractivity contribution in [2.45, 2.75) is 57.3 Å². The van der Waals surface area contributed by atoms with E-state index in [-0.39, 0.29) is 22.8 Å². The number of unbranched alkanes of at least 4 members (excludes halogenated alkanes) is 3. The van der Waals surface area contributed by atoms with E-state index in [1.54, 1.807) is 24.3 Å². The summed E-state index contributed by atoms with van der Waals surface area (Å²) >= 11 is 0. The van der Waals surface area contributed by atoms with E-state index in [1.165, 1.54) is 35.4 Å². The van der Waals surface area contributed by atoms with E-state index < -0.39 is 10.1 Å². The fourth-order valence-corrected chi connectivity index (χ4v) is 6.76. The summed E-state index contributed by atoms with van der Waals surface area (Å²) in [5, 5.41) is 0. The standard InChI is InChI=1S/C34H34F2O3S/c1-2-3-4-19-34(20-5-6-21-40(37,38)39)32-22-26(24-7-13-28(35)14-8-24)11-17-30(32)31-18-12-27(23-33(31)34)25-9-15-29(36)16-10-25/h7-18,22-23H,2-6,19-21H2,1H3,(H,37,38,39). The van der Waals surface area contributed by atoms with Gasteiger partial charge in [-0.1, -0.05) is 81.1 Å². The van der Waals surface area contributed by atoms with Crippen LogP contribution in [-0.4, -0.2) is 18.7 Å². The minimum atomic E-state index is -4.04. The summed E-state index contributed by atoms with van der Waals surface area (Å²) in [4.78, 5) is 0. The molecule has 0 aliphatic heterocycles. The fraction of sp³-hybridized carbons (Fsp3) is 0.294. The summed E-state index contributed by atoms with van der Waals surface area (Å²) in [6, 6.07) is 25.9. The van der Waals surface area contributed by atoms with Crippen LogP contribution in [0.4, 0.5) is 8.78 Å². The Kier molecular flexibility index (Phi) is 8.20. The second-order valence-electron chi connectivity index (χ2n) is 10.8. The molecule has 1 aliphatic rings. The number of fused-ring (bicyclic) bond motifs is 3.